The van der Waals surface area contributed by atoms with Crippen LogP contribution in [-0.2, 0) is 9.84 Å². The first-order valence-electron chi connectivity index (χ1n) is 11.2. The molecule has 0 bridgehead atoms. The number of nitrogens with two attached hydrogens (primary N) is 1. The molecule has 37 heavy (non-hydrogen) atoms. The summed E-state index contributed by atoms with van der Waals surface area (Å²) < 4.78 is 60.1. The molecular formula is C27H23F2N3O4S. The van der Waals surface area contributed by atoms with E-state index in [1.54, 1.807) is 0 Å². The lowest BCUT2D eigenvalue weighted by Gasteiger charge is -2.16. The van der Waals surface area contributed by atoms with Gasteiger partial charge >= 0.3 is 0 Å². The summed E-state index contributed by atoms with van der Waals surface area (Å²) >= 11 is 0. The number of hydrogen-bond donors (Lipinski definition) is 1. The predicted octanol–water partition coefficient (Wildman–Crippen LogP) is 5.38. The molecule has 0 saturated carbocycles. The summed E-state index contributed by atoms with van der Waals surface area (Å²) in [6.45, 7) is 5.53. The number of halogens is 2. The van der Waals surface area contributed by atoms with Crippen molar-refractivity contribution in [2.75, 3.05) is 11.5 Å². The summed E-state index contributed by atoms with van der Waals surface area (Å²) in [5.41, 5.74) is 7.79. The maximum Gasteiger partial charge on any atom is 0.230 e. The summed E-state index contributed by atoms with van der Waals surface area (Å²) in [5, 5.41) is -0.347. The van der Waals surface area contributed by atoms with Crippen molar-refractivity contribution in [3.63, 3.8) is 0 Å². The second-order valence-electron chi connectivity index (χ2n) is 8.59. The zero-order chi connectivity index (χ0) is 26.9. The van der Waals surface area contributed by atoms with Gasteiger partial charge in [-0.25, -0.2) is 27.2 Å². The van der Waals surface area contributed by atoms with Crippen LogP contribution in [0.1, 0.15) is 27.0 Å². The van der Waals surface area contributed by atoms with E-state index in [2.05, 4.69) is 9.97 Å². The lowest BCUT2D eigenvalue weighted by atomic mass is 10.1. The van der Waals surface area contributed by atoms with Gasteiger partial charge in [0.1, 0.15) is 29.0 Å². The van der Waals surface area contributed by atoms with Crippen molar-refractivity contribution >= 4 is 21.4 Å². The topological polar surface area (TPSA) is 112 Å². The molecule has 190 valence electrons. The number of Topliss-reactive ketones (excluding diaryl/α,β-unsaturated/α-hetero) is 1. The summed E-state index contributed by atoms with van der Waals surface area (Å²) in [6, 6.07) is 13.3. The number of carbonyl (C=O) groups excluding carboxylic acids is 1. The number of carbonyl (C=O) groups is 1. The zero-order valence-corrected chi connectivity index (χ0v) is 21.1. The van der Waals surface area contributed by atoms with Gasteiger partial charge in [-0.3, -0.25) is 4.79 Å². The van der Waals surface area contributed by atoms with Crippen LogP contribution in [0.25, 0.3) is 11.3 Å². The highest BCUT2D eigenvalue weighted by Gasteiger charge is 2.26. The van der Waals surface area contributed by atoms with E-state index < -0.39 is 33.0 Å². The highest BCUT2D eigenvalue weighted by Crippen LogP contribution is 2.33. The van der Waals surface area contributed by atoms with Gasteiger partial charge in [0.05, 0.1) is 11.3 Å². The minimum absolute atomic E-state index is 0.00586. The quantitative estimate of drug-likeness (QED) is 0.324. The van der Waals surface area contributed by atoms with Crippen molar-refractivity contribution in [2.45, 2.75) is 25.8 Å². The minimum atomic E-state index is -4.15. The molecule has 4 rings (SSSR count). The van der Waals surface area contributed by atoms with Gasteiger partial charge in [-0.15, -0.1) is 0 Å². The highest BCUT2D eigenvalue weighted by molar-refractivity contribution is 7.92. The molecule has 0 spiro atoms. The first-order valence-corrected chi connectivity index (χ1v) is 12.8. The Balaban J connectivity index is 1.81. The number of ketones is 1. The largest absolute Gasteiger partial charge is 0.438 e. The van der Waals surface area contributed by atoms with Gasteiger partial charge in [-0.05, 0) is 74.4 Å². The smallest absolute Gasteiger partial charge is 0.230 e. The molecule has 0 aliphatic carbocycles. The molecule has 0 aliphatic heterocycles. The van der Waals surface area contributed by atoms with E-state index in [9.17, 15) is 22.0 Å². The molecule has 0 unspecified atom stereocenters. The Morgan fingerprint density at radius 1 is 0.946 bits per heavy atom. The van der Waals surface area contributed by atoms with Crippen LogP contribution in [0.4, 0.5) is 14.6 Å². The average molecular weight is 524 g/mol. The molecule has 0 radical (unpaired) electrons. The average Bonchev–Trinajstić information content (AvgIpc) is 2.82. The van der Waals surface area contributed by atoms with Gasteiger partial charge in [0, 0.05) is 5.56 Å². The number of anilines is 1. The Labute approximate surface area is 212 Å². The normalized spacial score (nSPS) is 11.4. The van der Waals surface area contributed by atoms with Crippen LogP contribution >= 0.6 is 0 Å². The van der Waals surface area contributed by atoms with Gasteiger partial charge in [0.15, 0.2) is 10.8 Å². The van der Waals surface area contributed by atoms with E-state index in [0.29, 0.717) is 5.75 Å². The third-order valence-corrected chi connectivity index (χ3v) is 7.06. The standard InChI is InChI=1S/C27H23F2N3O4S/c1-15-11-16(2)26(17(3)12-15)36-27-19(8-10-22(31-27)20-13-18(28)7-9-21(20)29)23(33)14-37(34,35)25-6-4-5-24(30)32-25/h4-13H,14H2,1-3H3,(H2,30,32). The number of hydrogen-bond acceptors (Lipinski definition) is 7. The summed E-state index contributed by atoms with van der Waals surface area (Å²) in [4.78, 5) is 21.3. The predicted molar refractivity (Wildman–Crippen MR) is 135 cm³/mol. The van der Waals surface area contributed by atoms with Crippen molar-refractivity contribution < 1.29 is 26.7 Å². The minimum Gasteiger partial charge on any atom is -0.438 e. The third kappa shape index (κ3) is 5.64. The Bertz CT molecular complexity index is 1620. The van der Waals surface area contributed by atoms with Gasteiger partial charge in [0.2, 0.25) is 15.7 Å². The molecule has 2 heterocycles. The Morgan fingerprint density at radius 2 is 1.65 bits per heavy atom. The fourth-order valence-corrected chi connectivity index (χ4v) is 5.11. The lowest BCUT2D eigenvalue weighted by molar-refractivity contribution is 0.101. The number of rotatable bonds is 7. The van der Waals surface area contributed by atoms with E-state index in [-0.39, 0.29) is 33.5 Å². The maximum absolute atomic E-state index is 14.5. The first kappa shape index (κ1) is 25.9. The molecule has 2 N–H and O–H groups in total. The van der Waals surface area contributed by atoms with Crippen LogP contribution in [0.2, 0.25) is 0 Å². The van der Waals surface area contributed by atoms with Gasteiger partial charge in [-0.1, -0.05) is 23.8 Å². The molecular weight excluding hydrogens is 500 g/mol. The van der Waals surface area contributed by atoms with Gasteiger partial charge < -0.3 is 10.5 Å². The monoisotopic (exact) mass is 523 g/mol. The van der Waals surface area contributed by atoms with Crippen molar-refractivity contribution in [1.82, 2.24) is 9.97 Å². The molecule has 2 aromatic carbocycles. The fraction of sp³-hybridized carbons (Fsp3) is 0.148. The summed E-state index contributed by atoms with van der Waals surface area (Å²) in [5.74, 6) is -2.99. The third-order valence-electron chi connectivity index (χ3n) is 5.55. The number of aromatic nitrogens is 2. The van der Waals surface area contributed by atoms with Crippen LogP contribution in [0, 0.1) is 32.4 Å². The van der Waals surface area contributed by atoms with Crippen LogP contribution in [0.5, 0.6) is 11.6 Å². The Kier molecular flexibility index (Phi) is 7.04. The number of nitrogens with zero attached hydrogens (tertiary/aromatic N) is 2. The van der Waals surface area contributed by atoms with Gasteiger partial charge in [-0.2, -0.15) is 0 Å². The van der Waals surface area contributed by atoms with Crippen LogP contribution in [-0.4, -0.2) is 29.9 Å². The van der Waals surface area contributed by atoms with Crippen molar-refractivity contribution in [2.24, 2.45) is 0 Å². The summed E-state index contributed by atoms with van der Waals surface area (Å²) in [7, 11) is -4.15. The molecule has 0 saturated heterocycles. The van der Waals surface area contributed by atoms with Gasteiger partial charge in [0.25, 0.3) is 0 Å². The Morgan fingerprint density at radius 3 is 2.32 bits per heavy atom. The number of nitrogen functional groups attached to an aromatic ring is 1. The van der Waals surface area contributed by atoms with Crippen molar-refractivity contribution in [1.29, 1.82) is 0 Å². The number of ether oxygens (including phenoxy) is 1. The van der Waals surface area contributed by atoms with Crippen LogP contribution in [0.15, 0.2) is 65.7 Å². The van der Waals surface area contributed by atoms with E-state index in [0.717, 1.165) is 34.9 Å². The number of benzene rings is 2. The van der Waals surface area contributed by atoms with E-state index >= 15 is 0 Å². The SMILES string of the molecule is Cc1cc(C)c(Oc2nc(-c3cc(F)ccc3F)ccc2C(=O)CS(=O)(=O)c2cccc(N)n2)c(C)c1. The van der Waals surface area contributed by atoms with E-state index in [1.165, 1.54) is 30.3 Å². The highest BCUT2D eigenvalue weighted by atomic mass is 32.2. The van der Waals surface area contributed by atoms with Crippen molar-refractivity contribution in [3.8, 4) is 22.9 Å². The molecule has 7 nitrogen and oxygen atoms in total. The lowest BCUT2D eigenvalue weighted by Crippen LogP contribution is -2.19. The fourth-order valence-electron chi connectivity index (χ4n) is 3.93. The van der Waals surface area contributed by atoms with E-state index in [4.69, 9.17) is 10.5 Å². The first-order chi connectivity index (χ1) is 17.4. The second-order valence-corrected chi connectivity index (χ2v) is 10.5. The second kappa shape index (κ2) is 10.1. The molecule has 10 heteroatoms. The van der Waals surface area contributed by atoms with Crippen molar-refractivity contribution in [3.05, 3.63) is 94.6 Å². The molecule has 4 aromatic rings. The number of aryl methyl sites for hydroxylation is 3. The van der Waals surface area contributed by atoms with Crippen LogP contribution < -0.4 is 10.5 Å². The molecule has 2 aromatic heterocycles. The van der Waals surface area contributed by atoms with Crippen LogP contribution in [0.3, 0.4) is 0 Å². The Hall–Kier alpha value is -4.18. The molecule has 0 amide bonds. The molecule has 0 fully saturated rings. The maximum atomic E-state index is 14.5. The zero-order valence-electron chi connectivity index (χ0n) is 20.2. The molecule has 0 atom stereocenters. The molecule has 0 aliphatic rings. The van der Waals surface area contributed by atoms with E-state index in [1.807, 2.05) is 32.9 Å². The summed E-state index contributed by atoms with van der Waals surface area (Å²) in [6.07, 6.45) is 0. The number of sulfone groups is 1. The number of pyridine rings is 2.